The first-order valence-electron chi connectivity index (χ1n) is 8.14. The summed E-state index contributed by atoms with van der Waals surface area (Å²) in [5.41, 5.74) is 1.66. The van der Waals surface area contributed by atoms with E-state index in [1.54, 1.807) is 18.2 Å². The van der Waals surface area contributed by atoms with Gasteiger partial charge in [-0.2, -0.15) is 0 Å². The number of benzene rings is 1. The van der Waals surface area contributed by atoms with Gasteiger partial charge in [0.15, 0.2) is 0 Å². The van der Waals surface area contributed by atoms with Crippen molar-refractivity contribution in [2.75, 3.05) is 6.61 Å². The fraction of sp³-hybridized carbons (Fsp3) is 0.389. The van der Waals surface area contributed by atoms with Crippen molar-refractivity contribution in [3.8, 4) is 5.75 Å². The molecule has 25 heavy (non-hydrogen) atoms. The molecule has 134 valence electrons. The highest BCUT2D eigenvalue weighted by Gasteiger charge is 2.14. The zero-order valence-corrected chi connectivity index (χ0v) is 14.3. The molecule has 1 aromatic heterocycles. The number of nitrogens with one attached hydrogen (secondary N) is 1. The molecule has 0 radical (unpaired) electrons. The Bertz CT molecular complexity index is 707. The highest BCUT2D eigenvalue weighted by molar-refractivity contribution is 5.91. The Morgan fingerprint density at radius 3 is 2.60 bits per heavy atom. The molecule has 1 heterocycles. The van der Waals surface area contributed by atoms with Gasteiger partial charge in [0.25, 0.3) is 5.91 Å². The minimum absolute atomic E-state index is 0.0876. The van der Waals surface area contributed by atoms with Crippen molar-refractivity contribution < 1.29 is 24.0 Å². The van der Waals surface area contributed by atoms with Gasteiger partial charge >= 0.3 is 5.97 Å². The summed E-state index contributed by atoms with van der Waals surface area (Å²) in [5, 5.41) is 15.2. The van der Waals surface area contributed by atoms with Crippen LogP contribution in [0.1, 0.15) is 54.4 Å². The molecule has 0 atom stereocenters. The molecule has 0 aliphatic heterocycles. The maximum atomic E-state index is 12.0. The number of carboxylic acid groups (broad SMARTS) is 1. The van der Waals surface area contributed by atoms with Crippen molar-refractivity contribution in [2.45, 2.75) is 39.2 Å². The van der Waals surface area contributed by atoms with E-state index in [4.69, 9.17) is 14.4 Å². The third-order valence-corrected chi connectivity index (χ3v) is 3.52. The van der Waals surface area contributed by atoms with Gasteiger partial charge in [-0.15, -0.1) is 0 Å². The van der Waals surface area contributed by atoms with Crippen molar-refractivity contribution in [3.63, 3.8) is 0 Å². The van der Waals surface area contributed by atoms with Crippen LogP contribution in [-0.2, 0) is 11.3 Å². The fourth-order valence-electron chi connectivity index (χ4n) is 2.05. The van der Waals surface area contributed by atoms with E-state index in [1.807, 2.05) is 26.0 Å². The van der Waals surface area contributed by atoms with Crippen LogP contribution in [0.25, 0.3) is 0 Å². The second-order valence-electron chi connectivity index (χ2n) is 5.94. The molecule has 1 aromatic carbocycles. The van der Waals surface area contributed by atoms with E-state index in [-0.39, 0.29) is 24.0 Å². The molecule has 0 saturated heterocycles. The average Bonchev–Trinajstić information content (AvgIpc) is 3.08. The smallest absolute Gasteiger partial charge is 0.303 e. The quantitative estimate of drug-likeness (QED) is 0.677. The molecule has 0 unspecified atom stereocenters. The van der Waals surface area contributed by atoms with Crippen LogP contribution in [0.15, 0.2) is 34.9 Å². The third-order valence-electron chi connectivity index (χ3n) is 3.52. The molecular formula is C18H22N2O5. The van der Waals surface area contributed by atoms with E-state index in [1.165, 1.54) is 0 Å². The molecule has 7 heteroatoms. The number of ether oxygens (including phenoxy) is 1. The van der Waals surface area contributed by atoms with Gasteiger partial charge in [0, 0.05) is 19.0 Å². The Labute approximate surface area is 146 Å². The number of carboxylic acids is 1. The number of carbonyl (C=O) groups is 2. The number of amides is 1. The van der Waals surface area contributed by atoms with Crippen molar-refractivity contribution in [3.05, 3.63) is 47.3 Å². The number of carbonyl (C=O) groups excluding carboxylic acids is 1. The summed E-state index contributed by atoms with van der Waals surface area (Å²) in [4.78, 5) is 22.5. The standard InChI is InChI=1S/C18H22N2O5/c1-12(2)15-10-16(25-20-15)18(23)19-11-13-5-7-14(8-6-13)24-9-3-4-17(21)22/h5-8,10,12H,3-4,9,11H2,1-2H3,(H,19,23)(H,21,22). The summed E-state index contributed by atoms with van der Waals surface area (Å²) in [6.45, 7) is 4.66. The van der Waals surface area contributed by atoms with E-state index >= 15 is 0 Å². The van der Waals surface area contributed by atoms with Crippen LogP contribution in [0.5, 0.6) is 5.75 Å². The highest BCUT2D eigenvalue weighted by atomic mass is 16.5. The molecule has 2 rings (SSSR count). The molecule has 0 spiro atoms. The van der Waals surface area contributed by atoms with Gasteiger partial charge in [-0.05, 0) is 30.0 Å². The Morgan fingerprint density at radius 1 is 1.28 bits per heavy atom. The minimum Gasteiger partial charge on any atom is -0.494 e. The summed E-state index contributed by atoms with van der Waals surface area (Å²) in [6.07, 6.45) is 0.549. The lowest BCUT2D eigenvalue weighted by atomic mass is 10.1. The van der Waals surface area contributed by atoms with Crippen LogP contribution in [0, 0.1) is 0 Å². The van der Waals surface area contributed by atoms with E-state index in [9.17, 15) is 9.59 Å². The van der Waals surface area contributed by atoms with Crippen molar-refractivity contribution in [2.24, 2.45) is 0 Å². The van der Waals surface area contributed by atoms with E-state index in [0.717, 1.165) is 11.3 Å². The molecule has 1 amide bonds. The van der Waals surface area contributed by atoms with Crippen LogP contribution >= 0.6 is 0 Å². The van der Waals surface area contributed by atoms with Crippen LogP contribution in [0.3, 0.4) is 0 Å². The molecule has 0 saturated carbocycles. The number of hydrogen-bond acceptors (Lipinski definition) is 5. The molecule has 0 aliphatic rings. The molecular weight excluding hydrogens is 324 g/mol. The van der Waals surface area contributed by atoms with Gasteiger partial charge < -0.3 is 19.7 Å². The number of aliphatic carboxylic acids is 1. The van der Waals surface area contributed by atoms with Gasteiger partial charge in [-0.25, -0.2) is 0 Å². The summed E-state index contributed by atoms with van der Waals surface area (Å²) in [5.74, 6) is -0.0805. The predicted molar refractivity (Wildman–Crippen MR) is 90.6 cm³/mol. The van der Waals surface area contributed by atoms with Gasteiger partial charge in [0.2, 0.25) is 5.76 Å². The van der Waals surface area contributed by atoms with Gasteiger partial charge in [-0.1, -0.05) is 31.1 Å². The van der Waals surface area contributed by atoms with Crippen LogP contribution < -0.4 is 10.1 Å². The van der Waals surface area contributed by atoms with Gasteiger partial charge in [0.05, 0.1) is 12.3 Å². The zero-order valence-electron chi connectivity index (χ0n) is 14.3. The molecule has 0 fully saturated rings. The number of nitrogens with zero attached hydrogens (tertiary/aromatic N) is 1. The van der Waals surface area contributed by atoms with E-state index in [2.05, 4.69) is 10.5 Å². The number of rotatable bonds is 9. The Morgan fingerprint density at radius 2 is 2.00 bits per heavy atom. The lowest BCUT2D eigenvalue weighted by Crippen LogP contribution is -2.22. The molecule has 0 aliphatic carbocycles. The monoisotopic (exact) mass is 346 g/mol. The highest BCUT2D eigenvalue weighted by Crippen LogP contribution is 2.15. The Kier molecular flexibility index (Phi) is 6.56. The summed E-state index contributed by atoms with van der Waals surface area (Å²) in [7, 11) is 0. The topological polar surface area (TPSA) is 102 Å². The van der Waals surface area contributed by atoms with Crippen LogP contribution in [-0.4, -0.2) is 28.7 Å². The summed E-state index contributed by atoms with van der Waals surface area (Å²) in [6, 6.07) is 8.90. The normalized spacial score (nSPS) is 10.7. The fourth-order valence-corrected chi connectivity index (χ4v) is 2.05. The lowest BCUT2D eigenvalue weighted by Gasteiger charge is -2.07. The van der Waals surface area contributed by atoms with Crippen molar-refractivity contribution in [1.82, 2.24) is 10.5 Å². The van der Waals surface area contributed by atoms with Crippen LogP contribution in [0.2, 0.25) is 0 Å². The first-order chi connectivity index (χ1) is 12.0. The minimum atomic E-state index is -0.832. The first-order valence-corrected chi connectivity index (χ1v) is 8.14. The first kappa shape index (κ1) is 18.5. The second-order valence-corrected chi connectivity index (χ2v) is 5.94. The van der Waals surface area contributed by atoms with Crippen molar-refractivity contribution >= 4 is 11.9 Å². The maximum Gasteiger partial charge on any atom is 0.303 e. The summed E-state index contributed by atoms with van der Waals surface area (Å²) < 4.78 is 10.5. The largest absolute Gasteiger partial charge is 0.494 e. The van der Waals surface area contributed by atoms with Crippen molar-refractivity contribution in [1.29, 1.82) is 0 Å². The molecule has 7 nitrogen and oxygen atoms in total. The zero-order chi connectivity index (χ0) is 18.2. The number of aromatic nitrogens is 1. The van der Waals surface area contributed by atoms with Gasteiger partial charge in [0.1, 0.15) is 5.75 Å². The second kappa shape index (κ2) is 8.86. The molecule has 0 bridgehead atoms. The van der Waals surface area contributed by atoms with E-state index in [0.29, 0.717) is 25.3 Å². The maximum absolute atomic E-state index is 12.0. The SMILES string of the molecule is CC(C)c1cc(C(=O)NCc2ccc(OCCCC(=O)O)cc2)on1. The molecule has 2 N–H and O–H groups in total. The van der Waals surface area contributed by atoms with Gasteiger partial charge in [-0.3, -0.25) is 9.59 Å². The average molecular weight is 346 g/mol. The molecule has 2 aromatic rings. The van der Waals surface area contributed by atoms with Crippen LogP contribution in [0.4, 0.5) is 0 Å². The number of hydrogen-bond donors (Lipinski definition) is 2. The van der Waals surface area contributed by atoms with E-state index < -0.39 is 5.97 Å². The third kappa shape index (κ3) is 5.95. The lowest BCUT2D eigenvalue weighted by molar-refractivity contribution is -0.137. The predicted octanol–water partition coefficient (Wildman–Crippen LogP) is 2.97. The Hall–Kier alpha value is -2.83. The Balaban J connectivity index is 1.78. The summed E-state index contributed by atoms with van der Waals surface area (Å²) >= 11 is 0.